The highest BCUT2D eigenvalue weighted by atomic mass is 32.2. The molecule has 1 atom stereocenters. The van der Waals surface area contributed by atoms with Crippen LogP contribution in [-0.2, 0) is 14.6 Å². The third-order valence-corrected chi connectivity index (χ3v) is 4.48. The molecule has 0 bridgehead atoms. The maximum atomic E-state index is 11.4. The van der Waals surface area contributed by atoms with Gasteiger partial charge in [0.25, 0.3) is 0 Å². The lowest BCUT2D eigenvalue weighted by molar-refractivity contribution is 0.0573. The van der Waals surface area contributed by atoms with Crippen molar-refractivity contribution in [3.63, 3.8) is 0 Å². The summed E-state index contributed by atoms with van der Waals surface area (Å²) in [5.74, 6) is 0. The maximum absolute atomic E-state index is 11.4. The molecule has 5 heteroatoms. The monoisotopic (exact) mass is 299 g/mol. The second kappa shape index (κ2) is 7.20. The second-order valence-corrected chi connectivity index (χ2v) is 7.43. The Morgan fingerprint density at radius 1 is 1.15 bits per heavy atom. The predicted molar refractivity (Wildman–Crippen MR) is 81.7 cm³/mol. The molecule has 0 aliphatic carbocycles. The topological polar surface area (TPSA) is 46.6 Å². The summed E-state index contributed by atoms with van der Waals surface area (Å²) in [6, 6.07) is 7.31. The summed E-state index contributed by atoms with van der Waals surface area (Å²) in [6.45, 7) is 7.68. The van der Waals surface area contributed by atoms with Crippen LogP contribution in [0.4, 0.5) is 0 Å². The van der Waals surface area contributed by atoms with Gasteiger partial charge in [0.05, 0.1) is 17.6 Å². The van der Waals surface area contributed by atoms with Crippen molar-refractivity contribution in [2.45, 2.75) is 37.8 Å². The Bertz CT molecular complexity index is 508. The van der Waals surface area contributed by atoms with E-state index in [4.69, 9.17) is 4.74 Å². The molecular weight excluding hydrogens is 274 g/mol. The highest BCUT2D eigenvalue weighted by molar-refractivity contribution is 7.90. The number of nitrogens with zero attached hydrogens (tertiary/aromatic N) is 1. The Morgan fingerprint density at radius 2 is 1.70 bits per heavy atom. The van der Waals surface area contributed by atoms with Crippen LogP contribution in [0.1, 0.15) is 32.4 Å². The zero-order valence-corrected chi connectivity index (χ0v) is 13.8. The first-order valence-electron chi connectivity index (χ1n) is 6.83. The number of hydrogen-bond acceptors (Lipinski definition) is 4. The van der Waals surface area contributed by atoms with Gasteiger partial charge >= 0.3 is 0 Å². The van der Waals surface area contributed by atoms with Crippen LogP contribution in [0, 0.1) is 0 Å². The van der Waals surface area contributed by atoms with E-state index >= 15 is 0 Å². The van der Waals surface area contributed by atoms with E-state index in [0.717, 1.165) is 12.1 Å². The van der Waals surface area contributed by atoms with Gasteiger partial charge in [0.2, 0.25) is 0 Å². The Labute approximate surface area is 122 Å². The van der Waals surface area contributed by atoms with Crippen LogP contribution >= 0.6 is 0 Å². The molecule has 0 spiro atoms. The van der Waals surface area contributed by atoms with Gasteiger partial charge in [0.1, 0.15) is 0 Å². The molecule has 4 nitrogen and oxygen atoms in total. The molecule has 0 saturated carbocycles. The highest BCUT2D eigenvalue weighted by Gasteiger charge is 2.13. The summed E-state index contributed by atoms with van der Waals surface area (Å²) in [6.07, 6.45) is 1.47. The molecule has 1 aromatic rings. The van der Waals surface area contributed by atoms with Gasteiger partial charge in [0, 0.05) is 18.8 Å². The predicted octanol–water partition coefficient (Wildman–Crippen LogP) is 2.51. The first kappa shape index (κ1) is 17.1. The van der Waals surface area contributed by atoms with E-state index in [2.05, 4.69) is 11.8 Å². The van der Waals surface area contributed by atoms with Gasteiger partial charge in [-0.2, -0.15) is 0 Å². The summed E-state index contributed by atoms with van der Waals surface area (Å²) in [5, 5.41) is 0. The molecule has 20 heavy (non-hydrogen) atoms. The smallest absolute Gasteiger partial charge is 0.175 e. The molecule has 0 aromatic heterocycles. The van der Waals surface area contributed by atoms with Gasteiger partial charge in [-0.3, -0.25) is 4.90 Å². The summed E-state index contributed by atoms with van der Waals surface area (Å²) < 4.78 is 28.4. The van der Waals surface area contributed by atoms with Crippen LogP contribution in [-0.4, -0.2) is 45.9 Å². The quantitative estimate of drug-likeness (QED) is 0.776. The molecule has 0 heterocycles. The van der Waals surface area contributed by atoms with Crippen molar-refractivity contribution >= 4 is 9.84 Å². The lowest BCUT2D eigenvalue weighted by Crippen LogP contribution is -2.27. The molecule has 1 aromatic carbocycles. The van der Waals surface area contributed by atoms with Gasteiger partial charge in [-0.25, -0.2) is 8.42 Å². The summed E-state index contributed by atoms with van der Waals surface area (Å²) in [4.78, 5) is 2.55. The molecule has 0 N–H and O–H groups in total. The number of ether oxygens (including phenoxy) is 1. The van der Waals surface area contributed by atoms with Gasteiger partial charge in [-0.1, -0.05) is 12.1 Å². The van der Waals surface area contributed by atoms with Crippen molar-refractivity contribution in [2.75, 3.05) is 26.5 Å². The van der Waals surface area contributed by atoms with E-state index in [9.17, 15) is 8.42 Å². The molecule has 0 fully saturated rings. The van der Waals surface area contributed by atoms with Crippen molar-refractivity contribution in [3.8, 4) is 0 Å². The molecule has 0 saturated heterocycles. The van der Waals surface area contributed by atoms with Crippen LogP contribution < -0.4 is 0 Å². The fourth-order valence-corrected chi connectivity index (χ4v) is 2.50. The van der Waals surface area contributed by atoms with Gasteiger partial charge in [0.15, 0.2) is 9.84 Å². The molecule has 0 amide bonds. The zero-order valence-electron chi connectivity index (χ0n) is 13.0. The van der Waals surface area contributed by atoms with Crippen molar-refractivity contribution in [1.82, 2.24) is 4.90 Å². The van der Waals surface area contributed by atoms with Gasteiger partial charge in [-0.05, 0) is 45.5 Å². The number of benzene rings is 1. The van der Waals surface area contributed by atoms with Crippen molar-refractivity contribution < 1.29 is 13.2 Å². The SMILES string of the molecule is CC(C)OCCN(C)C(C)c1ccc(S(C)(=O)=O)cc1. The first-order chi connectivity index (χ1) is 9.21. The summed E-state index contributed by atoms with van der Waals surface area (Å²) >= 11 is 0. The number of sulfone groups is 1. The van der Waals surface area contributed by atoms with Crippen LogP contribution in [0.3, 0.4) is 0 Å². The second-order valence-electron chi connectivity index (χ2n) is 5.42. The fraction of sp³-hybridized carbons (Fsp3) is 0.600. The lowest BCUT2D eigenvalue weighted by Gasteiger charge is -2.25. The maximum Gasteiger partial charge on any atom is 0.175 e. The summed E-state index contributed by atoms with van der Waals surface area (Å²) in [5.41, 5.74) is 1.10. The molecule has 0 aliphatic heterocycles. The Kier molecular flexibility index (Phi) is 6.17. The number of rotatable bonds is 7. The van der Waals surface area contributed by atoms with Crippen LogP contribution in [0.15, 0.2) is 29.2 Å². The molecule has 0 aliphatic rings. The zero-order chi connectivity index (χ0) is 15.3. The van der Waals surface area contributed by atoms with Crippen LogP contribution in [0.5, 0.6) is 0 Å². The standard InChI is InChI=1S/C15H25NO3S/c1-12(2)19-11-10-16(4)13(3)14-6-8-15(9-7-14)20(5,17)18/h6-9,12-13H,10-11H2,1-5H3. The first-order valence-corrected chi connectivity index (χ1v) is 8.73. The molecular formula is C15H25NO3S. The average Bonchev–Trinajstić information content (AvgIpc) is 2.36. The van der Waals surface area contributed by atoms with E-state index in [0.29, 0.717) is 11.5 Å². The normalized spacial score (nSPS) is 13.9. The Morgan fingerprint density at radius 3 is 2.15 bits per heavy atom. The van der Waals surface area contributed by atoms with Crippen LogP contribution in [0.25, 0.3) is 0 Å². The van der Waals surface area contributed by atoms with Gasteiger partial charge in [-0.15, -0.1) is 0 Å². The van der Waals surface area contributed by atoms with E-state index in [1.807, 2.05) is 33.0 Å². The third kappa shape index (κ3) is 5.23. The minimum Gasteiger partial charge on any atom is -0.377 e. The lowest BCUT2D eigenvalue weighted by atomic mass is 10.1. The Hall–Kier alpha value is -0.910. The van der Waals surface area contributed by atoms with Crippen LogP contribution in [0.2, 0.25) is 0 Å². The Balaban J connectivity index is 2.65. The fourth-order valence-electron chi connectivity index (χ4n) is 1.87. The molecule has 114 valence electrons. The molecule has 1 rings (SSSR count). The van der Waals surface area contributed by atoms with E-state index in [1.54, 1.807) is 12.1 Å². The van der Waals surface area contributed by atoms with E-state index < -0.39 is 9.84 Å². The average molecular weight is 299 g/mol. The highest BCUT2D eigenvalue weighted by Crippen LogP contribution is 2.20. The van der Waals surface area contributed by atoms with E-state index in [-0.39, 0.29) is 12.1 Å². The number of hydrogen-bond donors (Lipinski definition) is 0. The minimum atomic E-state index is -3.12. The third-order valence-electron chi connectivity index (χ3n) is 3.35. The van der Waals surface area contributed by atoms with E-state index in [1.165, 1.54) is 6.26 Å². The van der Waals surface area contributed by atoms with Gasteiger partial charge < -0.3 is 4.74 Å². The van der Waals surface area contributed by atoms with Crippen molar-refractivity contribution in [1.29, 1.82) is 0 Å². The van der Waals surface area contributed by atoms with Crippen molar-refractivity contribution in [2.24, 2.45) is 0 Å². The largest absolute Gasteiger partial charge is 0.377 e. The minimum absolute atomic E-state index is 0.222. The molecule has 0 radical (unpaired) electrons. The number of likely N-dealkylation sites (N-methyl/N-ethyl adjacent to an activating group) is 1. The summed E-state index contributed by atoms with van der Waals surface area (Å²) in [7, 11) is -1.08. The van der Waals surface area contributed by atoms with Crippen molar-refractivity contribution in [3.05, 3.63) is 29.8 Å². The molecule has 1 unspecified atom stereocenters.